The van der Waals surface area contributed by atoms with E-state index in [4.69, 9.17) is 0 Å². The Labute approximate surface area is 156 Å². The largest absolute Gasteiger partial charge is 0.337 e. The molecule has 1 aromatic carbocycles. The molecule has 2 aromatic rings. The highest BCUT2D eigenvalue weighted by molar-refractivity contribution is 5.75. The second-order valence-corrected chi connectivity index (χ2v) is 7.13. The lowest BCUT2D eigenvalue weighted by Crippen LogP contribution is -2.44. The van der Waals surface area contributed by atoms with Crippen LogP contribution in [-0.2, 0) is 13.0 Å². The van der Waals surface area contributed by atoms with E-state index in [1.165, 1.54) is 11.1 Å². The van der Waals surface area contributed by atoms with Crippen LogP contribution in [0.15, 0.2) is 48.8 Å². The van der Waals surface area contributed by atoms with Crippen LogP contribution in [0.4, 0.5) is 4.79 Å². The van der Waals surface area contributed by atoms with Crippen molar-refractivity contribution < 1.29 is 4.79 Å². The molecule has 0 unspecified atom stereocenters. The zero-order chi connectivity index (χ0) is 18.4. The Hall–Kier alpha value is -2.40. The van der Waals surface area contributed by atoms with E-state index in [0.717, 1.165) is 31.4 Å². The van der Waals surface area contributed by atoms with E-state index in [-0.39, 0.29) is 12.1 Å². The number of benzene rings is 1. The highest BCUT2D eigenvalue weighted by Crippen LogP contribution is 2.35. The van der Waals surface area contributed by atoms with Gasteiger partial charge in [-0.2, -0.15) is 0 Å². The van der Waals surface area contributed by atoms with Crippen LogP contribution < -0.4 is 5.32 Å². The molecule has 0 aliphatic heterocycles. The minimum Gasteiger partial charge on any atom is -0.337 e. The summed E-state index contributed by atoms with van der Waals surface area (Å²) in [6.07, 6.45) is 6.81. The number of likely N-dealkylation sites (N-methyl/N-ethyl adjacent to an activating group) is 1. The van der Waals surface area contributed by atoms with Crippen molar-refractivity contribution >= 4 is 6.03 Å². The SMILES string of the molecule is CN(C)CCNC(=O)N(Cc1cccnc1)[C@@H]1CCCc2ccccc21. The van der Waals surface area contributed by atoms with Crippen LogP contribution in [0.5, 0.6) is 0 Å². The van der Waals surface area contributed by atoms with Gasteiger partial charge in [0.2, 0.25) is 0 Å². The van der Waals surface area contributed by atoms with Crippen LogP contribution in [0.25, 0.3) is 0 Å². The first-order chi connectivity index (χ1) is 12.6. The summed E-state index contributed by atoms with van der Waals surface area (Å²) in [7, 11) is 4.02. The van der Waals surface area contributed by atoms with Crippen molar-refractivity contribution in [1.29, 1.82) is 0 Å². The molecule has 0 saturated heterocycles. The van der Waals surface area contributed by atoms with Crippen molar-refractivity contribution in [2.45, 2.75) is 31.8 Å². The molecule has 26 heavy (non-hydrogen) atoms. The molecular formula is C21H28N4O. The van der Waals surface area contributed by atoms with Crippen LogP contribution >= 0.6 is 0 Å². The van der Waals surface area contributed by atoms with E-state index in [1.54, 1.807) is 6.20 Å². The zero-order valence-corrected chi connectivity index (χ0v) is 15.7. The Kier molecular flexibility index (Phi) is 6.23. The number of rotatable bonds is 6. The number of nitrogens with one attached hydrogen (secondary N) is 1. The number of hydrogen-bond donors (Lipinski definition) is 1. The molecule has 1 aliphatic rings. The summed E-state index contributed by atoms with van der Waals surface area (Å²) >= 11 is 0. The van der Waals surface area contributed by atoms with E-state index < -0.39 is 0 Å². The standard InChI is InChI=1S/C21H28N4O/c1-24(2)14-13-23-21(26)25(16-17-7-6-12-22-15-17)20-11-5-9-18-8-3-4-10-19(18)20/h3-4,6-8,10,12,15,20H,5,9,11,13-14,16H2,1-2H3,(H,23,26)/t20-/m1/s1. The number of aryl methyl sites for hydroxylation is 1. The summed E-state index contributed by atoms with van der Waals surface area (Å²) in [5.74, 6) is 0. The molecule has 138 valence electrons. The quantitative estimate of drug-likeness (QED) is 0.868. The molecule has 3 rings (SSSR count). The second-order valence-electron chi connectivity index (χ2n) is 7.13. The summed E-state index contributed by atoms with van der Waals surface area (Å²) in [6, 6.07) is 12.6. The molecule has 0 spiro atoms. The fraction of sp³-hybridized carbons (Fsp3) is 0.429. The second kappa shape index (κ2) is 8.81. The van der Waals surface area contributed by atoms with E-state index in [0.29, 0.717) is 13.1 Å². The lowest BCUT2D eigenvalue weighted by atomic mass is 9.86. The van der Waals surface area contributed by atoms with Crippen LogP contribution in [0.2, 0.25) is 0 Å². The molecule has 1 heterocycles. The van der Waals surface area contributed by atoms with E-state index in [9.17, 15) is 4.79 Å². The normalized spacial score (nSPS) is 16.2. The van der Waals surface area contributed by atoms with Gasteiger partial charge in [0.25, 0.3) is 0 Å². The first kappa shape index (κ1) is 18.4. The number of fused-ring (bicyclic) bond motifs is 1. The van der Waals surface area contributed by atoms with Gasteiger partial charge in [0.1, 0.15) is 0 Å². The Bertz CT molecular complexity index is 717. The maximum Gasteiger partial charge on any atom is 0.318 e. The van der Waals surface area contributed by atoms with Crippen LogP contribution in [0.1, 0.15) is 35.6 Å². The molecule has 0 fully saturated rings. The third kappa shape index (κ3) is 4.61. The molecule has 1 atom stereocenters. The fourth-order valence-electron chi connectivity index (χ4n) is 3.55. The van der Waals surface area contributed by atoms with E-state index >= 15 is 0 Å². The number of amides is 2. The number of pyridine rings is 1. The third-order valence-electron chi connectivity index (χ3n) is 4.89. The van der Waals surface area contributed by atoms with Gasteiger partial charge in [-0.05, 0) is 56.1 Å². The van der Waals surface area contributed by atoms with E-state index in [2.05, 4.69) is 39.5 Å². The maximum atomic E-state index is 13.0. The van der Waals surface area contributed by atoms with Crippen molar-refractivity contribution in [2.75, 3.05) is 27.2 Å². The molecule has 0 saturated carbocycles. The van der Waals surface area contributed by atoms with Gasteiger partial charge in [0, 0.05) is 32.0 Å². The molecule has 1 N–H and O–H groups in total. The Morgan fingerprint density at radius 1 is 1.23 bits per heavy atom. The van der Waals surface area contributed by atoms with Gasteiger partial charge in [0.05, 0.1) is 6.04 Å². The molecule has 5 heteroatoms. The van der Waals surface area contributed by atoms with Crippen molar-refractivity contribution in [3.05, 3.63) is 65.5 Å². The number of carbonyl (C=O) groups excluding carboxylic acids is 1. The first-order valence-electron chi connectivity index (χ1n) is 9.31. The van der Waals surface area contributed by atoms with Crippen molar-refractivity contribution in [1.82, 2.24) is 20.1 Å². The minimum atomic E-state index is -0.00240. The Balaban J connectivity index is 1.82. The average molecular weight is 352 g/mol. The van der Waals surface area contributed by atoms with Crippen molar-refractivity contribution in [3.63, 3.8) is 0 Å². The topological polar surface area (TPSA) is 48.5 Å². The molecule has 0 radical (unpaired) electrons. The third-order valence-corrected chi connectivity index (χ3v) is 4.89. The lowest BCUT2D eigenvalue weighted by Gasteiger charge is -2.36. The molecule has 0 bridgehead atoms. The van der Waals surface area contributed by atoms with Crippen LogP contribution in [0, 0.1) is 0 Å². The highest BCUT2D eigenvalue weighted by Gasteiger charge is 2.29. The molecular weight excluding hydrogens is 324 g/mol. The molecule has 1 aliphatic carbocycles. The maximum absolute atomic E-state index is 13.0. The van der Waals surface area contributed by atoms with Gasteiger partial charge in [0.15, 0.2) is 0 Å². The number of urea groups is 1. The predicted molar refractivity (Wildman–Crippen MR) is 104 cm³/mol. The zero-order valence-electron chi connectivity index (χ0n) is 15.7. The molecule has 5 nitrogen and oxygen atoms in total. The summed E-state index contributed by atoms with van der Waals surface area (Å²) in [5.41, 5.74) is 3.70. The average Bonchev–Trinajstić information content (AvgIpc) is 2.66. The monoisotopic (exact) mass is 352 g/mol. The summed E-state index contributed by atoms with van der Waals surface area (Å²) in [4.78, 5) is 21.3. The summed E-state index contributed by atoms with van der Waals surface area (Å²) in [5, 5.41) is 3.09. The van der Waals surface area contributed by atoms with E-state index in [1.807, 2.05) is 37.3 Å². The smallest absolute Gasteiger partial charge is 0.318 e. The van der Waals surface area contributed by atoms with Crippen molar-refractivity contribution in [3.8, 4) is 0 Å². The van der Waals surface area contributed by atoms with Gasteiger partial charge in [-0.15, -0.1) is 0 Å². The lowest BCUT2D eigenvalue weighted by molar-refractivity contribution is 0.161. The number of nitrogens with zero attached hydrogens (tertiary/aromatic N) is 3. The Morgan fingerprint density at radius 2 is 2.08 bits per heavy atom. The minimum absolute atomic E-state index is 0.00240. The predicted octanol–water partition coefficient (Wildman–Crippen LogP) is 3.23. The van der Waals surface area contributed by atoms with Gasteiger partial charge in [-0.3, -0.25) is 4.98 Å². The highest BCUT2D eigenvalue weighted by atomic mass is 16.2. The number of carbonyl (C=O) groups is 1. The first-order valence-corrected chi connectivity index (χ1v) is 9.31. The summed E-state index contributed by atoms with van der Waals surface area (Å²) in [6.45, 7) is 2.04. The molecule has 1 aromatic heterocycles. The number of aromatic nitrogens is 1. The van der Waals surface area contributed by atoms with Crippen LogP contribution in [0.3, 0.4) is 0 Å². The van der Waals surface area contributed by atoms with Crippen molar-refractivity contribution in [2.24, 2.45) is 0 Å². The molecule has 2 amide bonds. The summed E-state index contributed by atoms with van der Waals surface area (Å²) < 4.78 is 0. The van der Waals surface area contributed by atoms with Gasteiger partial charge < -0.3 is 15.1 Å². The van der Waals surface area contributed by atoms with Gasteiger partial charge in [-0.25, -0.2) is 4.79 Å². The Morgan fingerprint density at radius 3 is 2.85 bits per heavy atom. The fourth-order valence-corrected chi connectivity index (χ4v) is 3.55. The van der Waals surface area contributed by atoms with Gasteiger partial charge in [-0.1, -0.05) is 30.3 Å². The number of hydrogen-bond acceptors (Lipinski definition) is 3. The van der Waals surface area contributed by atoms with Gasteiger partial charge >= 0.3 is 6.03 Å². The van der Waals surface area contributed by atoms with Crippen LogP contribution in [-0.4, -0.2) is 48.0 Å².